The first-order valence-corrected chi connectivity index (χ1v) is 12.5. The molecule has 2 amide bonds. The summed E-state index contributed by atoms with van der Waals surface area (Å²) in [5.74, 6) is -0.553. The summed E-state index contributed by atoms with van der Waals surface area (Å²) in [6.07, 6.45) is 0.771. The molecule has 1 aliphatic rings. The van der Waals surface area contributed by atoms with E-state index in [0.717, 1.165) is 11.1 Å². The zero-order valence-electron chi connectivity index (χ0n) is 21.9. The maximum Gasteiger partial charge on any atom is 0.388 e. The zero-order valence-corrected chi connectivity index (χ0v) is 21.9. The van der Waals surface area contributed by atoms with Crippen LogP contribution in [0.15, 0.2) is 36.4 Å². The summed E-state index contributed by atoms with van der Waals surface area (Å²) in [4.78, 5) is 32.5. The molecule has 2 aromatic rings. The van der Waals surface area contributed by atoms with Crippen LogP contribution in [0.2, 0.25) is 0 Å². The molecule has 0 spiro atoms. The van der Waals surface area contributed by atoms with Crippen molar-refractivity contribution in [2.75, 3.05) is 45.2 Å². The fourth-order valence-corrected chi connectivity index (χ4v) is 4.72. The predicted octanol–water partition coefficient (Wildman–Crippen LogP) is 3.85. The second-order valence-corrected chi connectivity index (χ2v) is 9.51. The van der Waals surface area contributed by atoms with Crippen molar-refractivity contribution in [3.8, 4) is 5.88 Å². The number of rotatable bonds is 11. The smallest absolute Gasteiger partial charge is 0.388 e. The summed E-state index contributed by atoms with van der Waals surface area (Å²) in [6, 6.07) is 10.9. The fourth-order valence-electron chi connectivity index (χ4n) is 4.72. The molecule has 10 heteroatoms. The number of ether oxygens (including phenoxy) is 2. The monoisotopic (exact) mass is 518 g/mol. The molecule has 0 bridgehead atoms. The van der Waals surface area contributed by atoms with Crippen molar-refractivity contribution in [3.05, 3.63) is 53.2 Å². The molecule has 1 fully saturated rings. The van der Waals surface area contributed by atoms with E-state index in [2.05, 4.69) is 34.2 Å². The van der Waals surface area contributed by atoms with Crippen LogP contribution in [0, 0.1) is 6.92 Å². The largest absolute Gasteiger partial charge is 0.415 e. The lowest BCUT2D eigenvalue weighted by Gasteiger charge is -2.42. The SMILES string of the molecule is COCCNCC(=O)N1CCC(C(=O)Nc2ccc(C)nc2OC(F)F)(c2ccccc2C(C)C)CC1. The van der Waals surface area contributed by atoms with Gasteiger partial charge in [-0.2, -0.15) is 8.78 Å². The third kappa shape index (κ3) is 7.01. The number of hydrogen-bond acceptors (Lipinski definition) is 6. The normalized spacial score (nSPS) is 15.2. The lowest BCUT2D eigenvalue weighted by Crippen LogP contribution is -2.52. The Morgan fingerprint density at radius 1 is 1.14 bits per heavy atom. The molecule has 1 aromatic heterocycles. The molecule has 0 atom stereocenters. The Morgan fingerprint density at radius 3 is 2.49 bits per heavy atom. The average Bonchev–Trinajstić information content (AvgIpc) is 2.87. The molecule has 1 aliphatic heterocycles. The van der Waals surface area contributed by atoms with E-state index < -0.39 is 12.0 Å². The van der Waals surface area contributed by atoms with Crippen LogP contribution in [0.5, 0.6) is 5.88 Å². The topological polar surface area (TPSA) is 92.8 Å². The Kier molecular flexibility index (Phi) is 9.93. The molecule has 0 unspecified atom stereocenters. The Morgan fingerprint density at radius 2 is 1.84 bits per heavy atom. The van der Waals surface area contributed by atoms with Crippen molar-refractivity contribution in [1.82, 2.24) is 15.2 Å². The van der Waals surface area contributed by atoms with Gasteiger partial charge in [0.1, 0.15) is 5.69 Å². The number of amides is 2. The van der Waals surface area contributed by atoms with Gasteiger partial charge in [0.15, 0.2) is 0 Å². The first kappa shape index (κ1) is 28.5. The third-order valence-corrected chi connectivity index (χ3v) is 6.71. The molecule has 202 valence electrons. The van der Waals surface area contributed by atoms with Crippen LogP contribution in [0.3, 0.4) is 0 Å². The van der Waals surface area contributed by atoms with Crippen LogP contribution >= 0.6 is 0 Å². The average molecular weight is 519 g/mol. The minimum absolute atomic E-state index is 0.0439. The number of methoxy groups -OCH3 is 1. The highest BCUT2D eigenvalue weighted by Gasteiger charge is 2.45. The van der Waals surface area contributed by atoms with Crippen molar-refractivity contribution in [1.29, 1.82) is 0 Å². The van der Waals surface area contributed by atoms with E-state index in [1.165, 1.54) is 6.07 Å². The van der Waals surface area contributed by atoms with Gasteiger partial charge in [-0.05, 0) is 48.9 Å². The van der Waals surface area contributed by atoms with Crippen molar-refractivity contribution in [2.45, 2.75) is 51.6 Å². The number of carbonyl (C=O) groups is 2. The number of piperidine rings is 1. The number of aromatic nitrogens is 1. The number of benzene rings is 1. The number of carbonyl (C=O) groups excluding carboxylic acids is 2. The quantitative estimate of drug-likeness (QED) is 0.439. The number of aryl methyl sites for hydroxylation is 1. The van der Waals surface area contributed by atoms with Gasteiger partial charge in [-0.25, -0.2) is 4.98 Å². The first-order chi connectivity index (χ1) is 17.7. The van der Waals surface area contributed by atoms with Crippen molar-refractivity contribution >= 4 is 17.5 Å². The van der Waals surface area contributed by atoms with Crippen LogP contribution < -0.4 is 15.4 Å². The van der Waals surface area contributed by atoms with Gasteiger partial charge in [-0.1, -0.05) is 38.1 Å². The number of likely N-dealkylation sites (tertiary alicyclic amines) is 1. The molecule has 37 heavy (non-hydrogen) atoms. The number of nitrogens with zero attached hydrogens (tertiary/aromatic N) is 2. The predicted molar refractivity (Wildman–Crippen MR) is 137 cm³/mol. The summed E-state index contributed by atoms with van der Waals surface area (Å²) in [6.45, 7) is 4.74. The molecule has 3 rings (SSSR count). The highest BCUT2D eigenvalue weighted by molar-refractivity contribution is 6.00. The van der Waals surface area contributed by atoms with Gasteiger partial charge in [0.2, 0.25) is 17.7 Å². The lowest BCUT2D eigenvalue weighted by molar-refractivity contribution is -0.134. The minimum atomic E-state index is -3.08. The van der Waals surface area contributed by atoms with E-state index in [0.29, 0.717) is 44.8 Å². The number of halogens is 2. The van der Waals surface area contributed by atoms with Crippen molar-refractivity contribution in [3.63, 3.8) is 0 Å². The molecule has 0 radical (unpaired) electrons. The van der Waals surface area contributed by atoms with E-state index in [9.17, 15) is 18.4 Å². The van der Waals surface area contributed by atoms with Gasteiger partial charge in [0.05, 0.1) is 18.6 Å². The summed E-state index contributed by atoms with van der Waals surface area (Å²) >= 11 is 0. The van der Waals surface area contributed by atoms with Crippen LogP contribution in [-0.2, 0) is 19.7 Å². The van der Waals surface area contributed by atoms with E-state index in [1.54, 1.807) is 25.0 Å². The Hall–Kier alpha value is -3.11. The Labute approximate surface area is 216 Å². The summed E-state index contributed by atoms with van der Waals surface area (Å²) < 4.78 is 35.7. The van der Waals surface area contributed by atoms with Gasteiger partial charge in [-0.15, -0.1) is 0 Å². The summed E-state index contributed by atoms with van der Waals surface area (Å²) in [7, 11) is 1.60. The third-order valence-electron chi connectivity index (χ3n) is 6.71. The van der Waals surface area contributed by atoms with Crippen molar-refractivity contribution in [2.24, 2.45) is 0 Å². The van der Waals surface area contributed by atoms with E-state index in [1.807, 2.05) is 24.3 Å². The molecule has 2 N–H and O–H groups in total. The van der Waals surface area contributed by atoms with E-state index in [-0.39, 0.29) is 35.8 Å². The molecule has 1 saturated heterocycles. The number of hydrogen-bond donors (Lipinski definition) is 2. The highest BCUT2D eigenvalue weighted by Crippen LogP contribution is 2.41. The van der Waals surface area contributed by atoms with Crippen LogP contribution in [-0.4, -0.2) is 68.2 Å². The van der Waals surface area contributed by atoms with Crippen molar-refractivity contribution < 1.29 is 27.8 Å². The number of nitrogens with one attached hydrogen (secondary N) is 2. The van der Waals surface area contributed by atoms with Gasteiger partial charge in [0.25, 0.3) is 0 Å². The number of alkyl halides is 2. The second-order valence-electron chi connectivity index (χ2n) is 9.51. The maximum absolute atomic E-state index is 14.0. The Bertz CT molecular complexity index is 1070. The molecule has 0 aliphatic carbocycles. The highest BCUT2D eigenvalue weighted by atomic mass is 19.3. The molecule has 2 heterocycles. The standard InChI is InChI=1S/C27H36F2N4O4/c1-18(2)20-7-5-6-8-21(20)27(11-14-33(15-12-27)23(34)17-30-13-16-36-4)25(35)32-22-10-9-19(3)31-24(22)37-26(28)29/h5-10,18,26,30H,11-17H2,1-4H3,(H,32,35). The van der Waals surface area contributed by atoms with Gasteiger partial charge < -0.3 is 25.0 Å². The second kappa shape index (κ2) is 12.9. The number of pyridine rings is 1. The Balaban J connectivity index is 1.90. The summed E-state index contributed by atoms with van der Waals surface area (Å²) in [5.41, 5.74) is 1.51. The van der Waals surface area contributed by atoms with Gasteiger partial charge in [0, 0.05) is 32.4 Å². The first-order valence-electron chi connectivity index (χ1n) is 12.5. The van der Waals surface area contributed by atoms with Crippen LogP contribution in [0.4, 0.5) is 14.5 Å². The lowest BCUT2D eigenvalue weighted by atomic mass is 9.69. The van der Waals surface area contributed by atoms with Crippen LogP contribution in [0.25, 0.3) is 0 Å². The molecule has 8 nitrogen and oxygen atoms in total. The van der Waals surface area contributed by atoms with Gasteiger partial charge in [-0.3, -0.25) is 9.59 Å². The van der Waals surface area contributed by atoms with E-state index >= 15 is 0 Å². The zero-order chi connectivity index (χ0) is 27.0. The minimum Gasteiger partial charge on any atom is -0.415 e. The molecular formula is C27H36F2N4O4. The molecular weight excluding hydrogens is 482 g/mol. The van der Waals surface area contributed by atoms with E-state index in [4.69, 9.17) is 4.74 Å². The number of anilines is 1. The molecule has 1 aromatic carbocycles. The van der Waals surface area contributed by atoms with Gasteiger partial charge >= 0.3 is 6.61 Å². The van der Waals surface area contributed by atoms with Crippen LogP contribution in [0.1, 0.15) is 49.4 Å². The maximum atomic E-state index is 14.0. The molecule has 0 saturated carbocycles. The fraction of sp³-hybridized carbons (Fsp3) is 0.519. The summed E-state index contributed by atoms with van der Waals surface area (Å²) in [5, 5.41) is 5.89.